The number of para-hydroxylation sites is 1. The summed E-state index contributed by atoms with van der Waals surface area (Å²) >= 11 is 0. The lowest BCUT2D eigenvalue weighted by molar-refractivity contribution is 0.668. The van der Waals surface area contributed by atoms with Gasteiger partial charge in [0.05, 0.1) is 0 Å². The van der Waals surface area contributed by atoms with Crippen LogP contribution in [0.25, 0.3) is 111 Å². The van der Waals surface area contributed by atoms with E-state index in [1.807, 2.05) is 72.8 Å². The van der Waals surface area contributed by atoms with E-state index in [2.05, 4.69) is 91.0 Å². The maximum Gasteiger partial charge on any atom is 0.164 e. The average molecular weight is 666 g/mol. The Kier molecular flexibility index (Phi) is 6.18. The van der Waals surface area contributed by atoms with Crippen molar-refractivity contribution in [2.45, 2.75) is 0 Å². The smallest absolute Gasteiger partial charge is 0.164 e. The predicted molar refractivity (Wildman–Crippen MR) is 211 cm³/mol. The fourth-order valence-corrected chi connectivity index (χ4v) is 7.77. The van der Waals surface area contributed by atoms with Gasteiger partial charge in [-0.2, -0.15) is 0 Å². The monoisotopic (exact) mass is 665 g/mol. The van der Waals surface area contributed by atoms with Crippen molar-refractivity contribution in [3.8, 4) is 45.3 Å². The summed E-state index contributed by atoms with van der Waals surface area (Å²) in [4.78, 5) is 15.4. The van der Waals surface area contributed by atoms with Gasteiger partial charge in [0.2, 0.25) is 0 Å². The molecule has 0 aliphatic carbocycles. The third-order valence-corrected chi connectivity index (χ3v) is 10.1. The summed E-state index contributed by atoms with van der Waals surface area (Å²) in [6, 6.07) is 56.3. The number of rotatable bonds is 4. The third kappa shape index (κ3) is 4.39. The van der Waals surface area contributed by atoms with Crippen molar-refractivity contribution in [1.29, 1.82) is 0 Å². The van der Waals surface area contributed by atoms with Crippen molar-refractivity contribution < 1.29 is 8.83 Å². The van der Waals surface area contributed by atoms with Crippen LogP contribution in [-0.4, -0.2) is 15.0 Å². The van der Waals surface area contributed by atoms with Crippen LogP contribution in [0.15, 0.2) is 173 Å². The van der Waals surface area contributed by atoms with Gasteiger partial charge in [-0.3, -0.25) is 0 Å². The number of aromatic nitrogens is 3. The summed E-state index contributed by atoms with van der Waals surface area (Å²) in [6.07, 6.45) is 0. The number of hydrogen-bond acceptors (Lipinski definition) is 5. The van der Waals surface area contributed by atoms with E-state index < -0.39 is 0 Å². The minimum absolute atomic E-state index is 0.573. The molecule has 0 amide bonds. The Labute approximate surface area is 297 Å². The van der Waals surface area contributed by atoms with Gasteiger partial charge < -0.3 is 8.83 Å². The molecule has 0 fully saturated rings. The largest absolute Gasteiger partial charge is 0.456 e. The minimum Gasteiger partial charge on any atom is -0.456 e. The molecular formula is C47H27N3O2. The van der Waals surface area contributed by atoms with Gasteiger partial charge >= 0.3 is 0 Å². The van der Waals surface area contributed by atoms with Crippen molar-refractivity contribution in [2.24, 2.45) is 0 Å². The lowest BCUT2D eigenvalue weighted by Crippen LogP contribution is -2.00. The predicted octanol–water partition coefficient (Wildman–Crippen LogP) is 12.6. The summed E-state index contributed by atoms with van der Waals surface area (Å²) < 4.78 is 12.8. The first-order valence-electron chi connectivity index (χ1n) is 17.4. The van der Waals surface area contributed by atoms with Gasteiger partial charge in [0.25, 0.3) is 0 Å². The zero-order valence-corrected chi connectivity index (χ0v) is 27.7. The van der Waals surface area contributed by atoms with Gasteiger partial charge in [-0.05, 0) is 69.1 Å². The second-order valence-electron chi connectivity index (χ2n) is 13.1. The number of furan rings is 2. The maximum atomic E-state index is 6.50. The molecule has 5 heteroatoms. The van der Waals surface area contributed by atoms with Crippen LogP contribution in [0.1, 0.15) is 0 Å². The molecule has 0 aliphatic rings. The van der Waals surface area contributed by atoms with E-state index in [9.17, 15) is 0 Å². The Hall–Kier alpha value is -7.11. The molecule has 0 saturated heterocycles. The van der Waals surface area contributed by atoms with Crippen LogP contribution in [0.4, 0.5) is 0 Å². The molecule has 11 rings (SSSR count). The van der Waals surface area contributed by atoms with Gasteiger partial charge in [-0.25, -0.2) is 15.0 Å². The topological polar surface area (TPSA) is 65.0 Å². The van der Waals surface area contributed by atoms with Crippen molar-refractivity contribution in [2.75, 3.05) is 0 Å². The van der Waals surface area contributed by atoms with Crippen molar-refractivity contribution >= 4 is 65.4 Å². The summed E-state index contributed by atoms with van der Waals surface area (Å²) in [5.41, 5.74) is 8.17. The van der Waals surface area contributed by atoms with Crippen LogP contribution in [-0.2, 0) is 0 Å². The Bertz CT molecular complexity index is 3190. The molecule has 242 valence electrons. The molecule has 3 aromatic heterocycles. The Morgan fingerprint density at radius 3 is 1.62 bits per heavy atom. The highest BCUT2D eigenvalue weighted by atomic mass is 16.3. The number of hydrogen-bond donors (Lipinski definition) is 0. The van der Waals surface area contributed by atoms with E-state index >= 15 is 0 Å². The molecule has 52 heavy (non-hydrogen) atoms. The van der Waals surface area contributed by atoms with Gasteiger partial charge in [-0.15, -0.1) is 0 Å². The summed E-state index contributed by atoms with van der Waals surface area (Å²) in [6.45, 7) is 0. The van der Waals surface area contributed by atoms with Crippen molar-refractivity contribution in [3.63, 3.8) is 0 Å². The molecule has 0 spiro atoms. The van der Waals surface area contributed by atoms with E-state index in [0.29, 0.717) is 17.5 Å². The average Bonchev–Trinajstić information content (AvgIpc) is 3.79. The zero-order chi connectivity index (χ0) is 34.2. The lowest BCUT2D eigenvalue weighted by Gasteiger charge is -2.11. The molecule has 5 nitrogen and oxygen atoms in total. The summed E-state index contributed by atoms with van der Waals surface area (Å²) in [5.74, 6) is 1.75. The van der Waals surface area contributed by atoms with Crippen molar-refractivity contribution in [3.05, 3.63) is 164 Å². The van der Waals surface area contributed by atoms with Crippen LogP contribution in [0, 0.1) is 0 Å². The molecule has 0 radical (unpaired) electrons. The first-order valence-corrected chi connectivity index (χ1v) is 17.4. The second kappa shape index (κ2) is 11.2. The van der Waals surface area contributed by atoms with Crippen molar-refractivity contribution in [1.82, 2.24) is 15.0 Å². The highest BCUT2D eigenvalue weighted by Crippen LogP contribution is 2.42. The van der Waals surface area contributed by atoms with E-state index in [-0.39, 0.29) is 0 Å². The van der Waals surface area contributed by atoms with Crippen LogP contribution < -0.4 is 0 Å². The summed E-state index contributed by atoms with van der Waals surface area (Å²) in [7, 11) is 0. The van der Waals surface area contributed by atoms with E-state index in [1.54, 1.807) is 0 Å². The van der Waals surface area contributed by atoms with E-state index in [4.69, 9.17) is 23.8 Å². The van der Waals surface area contributed by atoms with Crippen LogP contribution in [0.2, 0.25) is 0 Å². The Balaban J connectivity index is 1.17. The van der Waals surface area contributed by atoms with Crippen LogP contribution in [0.5, 0.6) is 0 Å². The molecule has 0 bridgehead atoms. The van der Waals surface area contributed by atoms with Gasteiger partial charge in [0, 0.05) is 38.2 Å². The minimum atomic E-state index is 0.573. The van der Waals surface area contributed by atoms with Gasteiger partial charge in [0.15, 0.2) is 17.5 Å². The summed E-state index contributed by atoms with van der Waals surface area (Å²) in [5, 5.41) is 8.88. The van der Waals surface area contributed by atoms with Gasteiger partial charge in [-0.1, -0.05) is 127 Å². The van der Waals surface area contributed by atoms with Crippen LogP contribution in [0.3, 0.4) is 0 Å². The van der Waals surface area contributed by atoms with Gasteiger partial charge in [0.1, 0.15) is 22.3 Å². The highest BCUT2D eigenvalue weighted by molar-refractivity contribution is 6.17. The first-order chi connectivity index (χ1) is 25.8. The maximum absolute atomic E-state index is 6.50. The standard InChI is InChI=1S/C47H27N3O2/c1-2-12-28(13-3-1)45-48-46(35-19-10-22-41-43(35)34-18-8-9-21-39(34)51-41)50-47(49-45)36-20-11-23-42-44(36)38-27-30(24-25-40(38)52-42)37-26-29-14-4-5-15-31(29)32-16-6-7-17-33(32)37/h1-27H. The molecular weight excluding hydrogens is 639 g/mol. The Morgan fingerprint density at radius 2 is 0.865 bits per heavy atom. The molecule has 0 N–H and O–H groups in total. The highest BCUT2D eigenvalue weighted by Gasteiger charge is 2.21. The first kappa shape index (κ1) is 28.7. The number of fused-ring (bicyclic) bond motifs is 9. The second-order valence-corrected chi connectivity index (χ2v) is 13.1. The molecule has 0 aliphatic heterocycles. The fourth-order valence-electron chi connectivity index (χ4n) is 7.77. The normalized spacial score (nSPS) is 11.8. The molecule has 0 saturated carbocycles. The SMILES string of the molecule is c1ccc(-c2nc(-c3cccc4oc5ccccc5c34)nc(-c3cccc4oc5ccc(-c6cc7ccccc7c7ccccc67)cc5c34)n2)cc1. The lowest BCUT2D eigenvalue weighted by atomic mass is 9.92. The Morgan fingerprint density at radius 1 is 0.308 bits per heavy atom. The zero-order valence-electron chi connectivity index (χ0n) is 27.7. The van der Waals surface area contributed by atoms with Crippen LogP contribution >= 0.6 is 0 Å². The number of nitrogens with zero attached hydrogens (tertiary/aromatic N) is 3. The van der Waals surface area contributed by atoms with E-state index in [0.717, 1.165) is 66.1 Å². The molecule has 3 heterocycles. The molecule has 8 aromatic carbocycles. The third-order valence-electron chi connectivity index (χ3n) is 10.1. The van der Waals surface area contributed by atoms with E-state index in [1.165, 1.54) is 27.1 Å². The molecule has 0 unspecified atom stereocenters. The molecule has 11 aromatic rings. The fraction of sp³-hybridized carbons (Fsp3) is 0. The number of benzene rings is 8. The quantitative estimate of drug-likeness (QED) is 0.175. The molecule has 0 atom stereocenters.